The van der Waals surface area contributed by atoms with Crippen LogP contribution in [-0.4, -0.2) is 4.98 Å². The summed E-state index contributed by atoms with van der Waals surface area (Å²) >= 11 is 3.31. The monoisotopic (exact) mass is 210 g/mol. The highest BCUT2D eigenvalue weighted by atomic mass is 79.9. The Hall–Kier alpha value is -1.01. The van der Waals surface area contributed by atoms with Gasteiger partial charge in [0.1, 0.15) is 5.82 Å². The van der Waals surface area contributed by atoms with Crippen molar-refractivity contribution in [1.29, 1.82) is 0 Å². The molecule has 0 amide bonds. The van der Waals surface area contributed by atoms with Crippen LogP contribution in [0.25, 0.3) is 0 Å². The molecule has 56 valence electrons. The molecule has 1 aromatic rings. The van der Waals surface area contributed by atoms with Crippen LogP contribution in [0.5, 0.6) is 0 Å². The molecule has 0 aliphatic carbocycles. The number of halogens is 1. The van der Waals surface area contributed by atoms with Crippen molar-refractivity contribution < 1.29 is 0 Å². The van der Waals surface area contributed by atoms with E-state index in [2.05, 4.69) is 32.3 Å². The van der Waals surface area contributed by atoms with E-state index in [0.717, 1.165) is 15.9 Å². The first kappa shape index (κ1) is 8.09. The Labute approximate surface area is 74.2 Å². The predicted octanol–water partition coefficient (Wildman–Crippen LogP) is 2.16. The highest BCUT2D eigenvalue weighted by Gasteiger charge is 1.96. The number of terminal acetylenes is 1. The van der Waals surface area contributed by atoms with E-state index in [4.69, 9.17) is 6.42 Å². The average Bonchev–Trinajstić information content (AvgIpc) is 1.95. The van der Waals surface area contributed by atoms with E-state index in [1.54, 1.807) is 6.20 Å². The lowest BCUT2D eigenvalue weighted by Gasteiger charge is -2.01. The fraction of sp³-hybridized carbons (Fsp3) is 0.125. The molecule has 1 heterocycles. The molecule has 0 aliphatic rings. The average molecular weight is 211 g/mol. The van der Waals surface area contributed by atoms with Crippen molar-refractivity contribution in [2.75, 3.05) is 5.32 Å². The van der Waals surface area contributed by atoms with Crippen LogP contribution in [0.2, 0.25) is 0 Å². The van der Waals surface area contributed by atoms with Crippen LogP contribution in [0, 0.1) is 19.4 Å². The second-order valence-corrected chi connectivity index (χ2v) is 3.00. The summed E-state index contributed by atoms with van der Waals surface area (Å²) in [5.74, 6) is 0.732. The Morgan fingerprint density at radius 3 is 3.00 bits per heavy atom. The summed E-state index contributed by atoms with van der Waals surface area (Å²) < 4.78 is 0.956. The van der Waals surface area contributed by atoms with E-state index in [-0.39, 0.29) is 0 Å². The zero-order valence-corrected chi connectivity index (χ0v) is 7.64. The SMILES string of the molecule is C#CNc1ncc(Br)cc1C. The van der Waals surface area contributed by atoms with Gasteiger partial charge in [-0.3, -0.25) is 5.32 Å². The van der Waals surface area contributed by atoms with Crippen LogP contribution in [-0.2, 0) is 0 Å². The van der Waals surface area contributed by atoms with Gasteiger partial charge in [-0.15, -0.1) is 0 Å². The first-order valence-corrected chi connectivity index (χ1v) is 3.87. The minimum Gasteiger partial charge on any atom is -0.299 e. The summed E-state index contributed by atoms with van der Waals surface area (Å²) in [4.78, 5) is 4.07. The Bertz CT molecular complexity index is 301. The number of aromatic nitrogens is 1. The number of nitrogens with zero attached hydrogens (tertiary/aromatic N) is 1. The number of hydrogen-bond donors (Lipinski definition) is 1. The topological polar surface area (TPSA) is 24.9 Å². The number of hydrogen-bond acceptors (Lipinski definition) is 2. The first-order chi connectivity index (χ1) is 5.24. The summed E-state index contributed by atoms with van der Waals surface area (Å²) in [7, 11) is 0. The van der Waals surface area contributed by atoms with Gasteiger partial charge in [0, 0.05) is 16.7 Å². The van der Waals surface area contributed by atoms with E-state index >= 15 is 0 Å². The largest absolute Gasteiger partial charge is 0.299 e. The van der Waals surface area contributed by atoms with Crippen molar-refractivity contribution in [3.63, 3.8) is 0 Å². The first-order valence-electron chi connectivity index (χ1n) is 3.08. The third kappa shape index (κ3) is 1.95. The van der Waals surface area contributed by atoms with Crippen molar-refractivity contribution in [2.45, 2.75) is 6.92 Å². The minimum atomic E-state index is 0.732. The molecule has 11 heavy (non-hydrogen) atoms. The van der Waals surface area contributed by atoms with Crippen molar-refractivity contribution in [3.05, 3.63) is 22.3 Å². The van der Waals surface area contributed by atoms with Crippen molar-refractivity contribution in [3.8, 4) is 12.5 Å². The van der Waals surface area contributed by atoms with Gasteiger partial charge >= 0.3 is 0 Å². The van der Waals surface area contributed by atoms with Gasteiger partial charge in [0.05, 0.1) is 0 Å². The Balaban J connectivity index is 3.01. The molecule has 0 saturated carbocycles. The van der Waals surface area contributed by atoms with Crippen LogP contribution >= 0.6 is 15.9 Å². The third-order valence-electron chi connectivity index (χ3n) is 1.24. The number of aryl methyl sites for hydroxylation is 1. The molecule has 3 heteroatoms. The fourth-order valence-corrected chi connectivity index (χ4v) is 1.19. The van der Waals surface area contributed by atoms with Gasteiger partial charge in [-0.2, -0.15) is 0 Å². The fourth-order valence-electron chi connectivity index (χ4n) is 0.740. The van der Waals surface area contributed by atoms with Gasteiger partial charge in [0.15, 0.2) is 0 Å². The van der Waals surface area contributed by atoms with Crippen LogP contribution in [0.4, 0.5) is 5.82 Å². The zero-order valence-electron chi connectivity index (χ0n) is 6.06. The molecule has 0 atom stereocenters. The molecule has 0 radical (unpaired) electrons. The molecule has 1 aromatic heterocycles. The lowest BCUT2D eigenvalue weighted by Crippen LogP contribution is -1.93. The molecule has 0 unspecified atom stereocenters. The summed E-state index contributed by atoms with van der Waals surface area (Å²) in [6.07, 6.45) is 6.76. The Morgan fingerprint density at radius 2 is 2.45 bits per heavy atom. The highest BCUT2D eigenvalue weighted by molar-refractivity contribution is 9.10. The quantitative estimate of drug-likeness (QED) is 0.568. The molecule has 1 N–H and O–H groups in total. The second kappa shape index (κ2) is 3.40. The van der Waals surface area contributed by atoms with Crippen LogP contribution in [0.3, 0.4) is 0 Å². The summed E-state index contributed by atoms with van der Waals surface area (Å²) in [5, 5.41) is 2.70. The van der Waals surface area contributed by atoms with Crippen LogP contribution < -0.4 is 5.32 Å². The zero-order chi connectivity index (χ0) is 8.27. The lowest BCUT2D eigenvalue weighted by molar-refractivity contribution is 1.25. The molecular weight excluding hydrogens is 204 g/mol. The van der Waals surface area contributed by atoms with Crippen molar-refractivity contribution >= 4 is 21.7 Å². The van der Waals surface area contributed by atoms with E-state index in [1.807, 2.05) is 13.0 Å². The van der Waals surface area contributed by atoms with Gasteiger partial charge in [0.25, 0.3) is 0 Å². The van der Waals surface area contributed by atoms with Crippen LogP contribution in [0.1, 0.15) is 5.56 Å². The number of pyridine rings is 1. The standard InChI is InChI=1S/C8H7BrN2/c1-3-10-8-6(2)4-7(9)5-11-8/h1,4-5H,2H3,(H,10,11). The van der Waals surface area contributed by atoms with Crippen molar-refractivity contribution in [2.24, 2.45) is 0 Å². The van der Waals surface area contributed by atoms with E-state index < -0.39 is 0 Å². The summed E-state index contributed by atoms with van der Waals surface area (Å²) in [6.45, 7) is 1.94. The third-order valence-corrected chi connectivity index (χ3v) is 1.67. The van der Waals surface area contributed by atoms with Crippen molar-refractivity contribution in [1.82, 2.24) is 4.98 Å². The number of rotatable bonds is 1. The molecule has 1 rings (SSSR count). The molecule has 0 aromatic carbocycles. The minimum absolute atomic E-state index is 0.732. The summed E-state index contributed by atoms with van der Waals surface area (Å²) in [6, 6.07) is 4.27. The van der Waals surface area contributed by atoms with Gasteiger partial charge < -0.3 is 0 Å². The Morgan fingerprint density at radius 1 is 1.73 bits per heavy atom. The number of anilines is 1. The van der Waals surface area contributed by atoms with Gasteiger partial charge in [-0.25, -0.2) is 4.98 Å². The maximum absolute atomic E-state index is 5.05. The maximum atomic E-state index is 5.05. The predicted molar refractivity (Wildman–Crippen MR) is 49.1 cm³/mol. The van der Waals surface area contributed by atoms with E-state index in [0.29, 0.717) is 0 Å². The van der Waals surface area contributed by atoms with Gasteiger partial charge in [-0.05, 0) is 34.5 Å². The Kier molecular flexibility index (Phi) is 2.50. The maximum Gasteiger partial charge on any atom is 0.140 e. The molecule has 2 nitrogen and oxygen atoms in total. The molecular formula is C8H7BrN2. The highest BCUT2D eigenvalue weighted by Crippen LogP contribution is 2.15. The normalized spacial score (nSPS) is 8.82. The molecule has 0 fully saturated rings. The number of nitrogens with one attached hydrogen (secondary N) is 1. The second-order valence-electron chi connectivity index (χ2n) is 2.09. The molecule has 0 bridgehead atoms. The van der Waals surface area contributed by atoms with Gasteiger partial charge in [0.2, 0.25) is 0 Å². The molecule has 0 aliphatic heterocycles. The molecule has 0 saturated heterocycles. The van der Waals surface area contributed by atoms with Crippen LogP contribution in [0.15, 0.2) is 16.7 Å². The van der Waals surface area contributed by atoms with Gasteiger partial charge in [-0.1, -0.05) is 6.42 Å². The summed E-state index contributed by atoms with van der Waals surface area (Å²) in [5.41, 5.74) is 1.03. The van der Waals surface area contributed by atoms with E-state index in [9.17, 15) is 0 Å². The molecule has 0 spiro atoms. The lowest BCUT2D eigenvalue weighted by atomic mass is 10.3. The van der Waals surface area contributed by atoms with E-state index in [1.165, 1.54) is 0 Å². The smallest absolute Gasteiger partial charge is 0.140 e.